The van der Waals surface area contributed by atoms with Crippen LogP contribution in [0.1, 0.15) is 12.8 Å². The van der Waals surface area contributed by atoms with Gasteiger partial charge in [-0.3, -0.25) is 19.6 Å². The van der Waals surface area contributed by atoms with Crippen molar-refractivity contribution in [3.63, 3.8) is 0 Å². The number of aliphatic carboxylic acids is 1. The molecule has 0 aromatic rings. The molecule has 84 valence electrons. The van der Waals surface area contributed by atoms with Crippen molar-refractivity contribution in [3.05, 3.63) is 0 Å². The van der Waals surface area contributed by atoms with Gasteiger partial charge in [0, 0.05) is 6.42 Å². The maximum atomic E-state index is 11.0. The third kappa shape index (κ3) is 3.55. The predicted octanol–water partition coefficient (Wildman–Crippen LogP) is -0.854. The number of nitrogens with one attached hydrogen (secondary N) is 1. The molecule has 15 heavy (non-hydrogen) atoms. The second-order valence-electron chi connectivity index (χ2n) is 3.34. The first-order chi connectivity index (χ1) is 7.04. The lowest BCUT2D eigenvalue weighted by Crippen LogP contribution is -2.25. The van der Waals surface area contributed by atoms with Crippen LogP contribution in [-0.2, 0) is 19.1 Å². The fraction of sp³-hybridized carbons (Fsp3) is 0.625. The third-order valence-corrected chi connectivity index (χ3v) is 2.16. The second-order valence-corrected chi connectivity index (χ2v) is 3.34. The first-order valence-electron chi connectivity index (χ1n) is 4.36. The van der Waals surface area contributed by atoms with E-state index in [1.54, 1.807) is 0 Å². The summed E-state index contributed by atoms with van der Waals surface area (Å²) in [6, 6.07) is 0. The highest BCUT2D eigenvalue weighted by Gasteiger charge is 2.44. The molecule has 0 aromatic heterocycles. The average Bonchev–Trinajstić information content (AvgIpc) is 2.93. The highest BCUT2D eigenvalue weighted by molar-refractivity contribution is 5.80. The molecular weight excluding hydrogens is 206 g/mol. The van der Waals surface area contributed by atoms with Gasteiger partial charge in [0.25, 0.3) is 5.91 Å². The molecule has 1 amide bonds. The van der Waals surface area contributed by atoms with E-state index in [-0.39, 0.29) is 12.3 Å². The van der Waals surface area contributed by atoms with Crippen molar-refractivity contribution in [1.82, 2.24) is 5.48 Å². The Balaban J connectivity index is 2.15. The number of carboxylic acids is 1. The number of ether oxygens (including phenoxy) is 1. The monoisotopic (exact) mass is 217 g/mol. The average molecular weight is 217 g/mol. The summed E-state index contributed by atoms with van der Waals surface area (Å²) in [5, 5.41) is 16.6. The number of carbonyl (C=O) groups is 3. The van der Waals surface area contributed by atoms with Crippen LogP contribution in [0.5, 0.6) is 0 Å². The SMILES string of the molecule is O=C(COC(=O)CC1CC1C(=O)O)NO. The number of hydroxylamine groups is 1. The lowest BCUT2D eigenvalue weighted by molar-refractivity contribution is -0.151. The van der Waals surface area contributed by atoms with Crippen molar-refractivity contribution < 1.29 is 29.4 Å². The molecule has 2 atom stereocenters. The second kappa shape index (κ2) is 4.74. The Hall–Kier alpha value is -1.63. The molecule has 1 aliphatic carbocycles. The van der Waals surface area contributed by atoms with E-state index in [1.165, 1.54) is 5.48 Å². The minimum atomic E-state index is -0.916. The van der Waals surface area contributed by atoms with Gasteiger partial charge in [-0.25, -0.2) is 5.48 Å². The molecule has 0 radical (unpaired) electrons. The van der Waals surface area contributed by atoms with E-state index < -0.39 is 30.4 Å². The molecule has 0 bridgehead atoms. The smallest absolute Gasteiger partial charge is 0.306 e. The Kier molecular flexibility index (Phi) is 3.62. The molecule has 0 saturated heterocycles. The van der Waals surface area contributed by atoms with Crippen LogP contribution in [-0.4, -0.2) is 34.8 Å². The van der Waals surface area contributed by atoms with Gasteiger partial charge in [-0.1, -0.05) is 0 Å². The minimum Gasteiger partial charge on any atom is -0.481 e. The first kappa shape index (κ1) is 11.4. The van der Waals surface area contributed by atoms with E-state index in [0.717, 1.165) is 0 Å². The van der Waals surface area contributed by atoms with E-state index in [4.69, 9.17) is 10.3 Å². The van der Waals surface area contributed by atoms with Crippen molar-refractivity contribution in [2.45, 2.75) is 12.8 Å². The fourth-order valence-corrected chi connectivity index (χ4v) is 1.23. The van der Waals surface area contributed by atoms with E-state index in [1.807, 2.05) is 0 Å². The number of hydrogen-bond donors (Lipinski definition) is 3. The summed E-state index contributed by atoms with van der Waals surface area (Å²) >= 11 is 0. The Labute approximate surface area is 85.0 Å². The Morgan fingerprint density at radius 3 is 2.53 bits per heavy atom. The standard InChI is InChI=1S/C8H11NO6/c10-6(9-14)3-15-7(11)2-4-1-5(4)8(12)13/h4-5,14H,1-3H2,(H,9,10)(H,12,13). The molecule has 1 aliphatic rings. The maximum Gasteiger partial charge on any atom is 0.306 e. The topological polar surface area (TPSA) is 113 Å². The maximum absolute atomic E-state index is 11.0. The van der Waals surface area contributed by atoms with Crippen LogP contribution in [0.3, 0.4) is 0 Å². The summed E-state index contributed by atoms with van der Waals surface area (Å²) < 4.78 is 4.47. The van der Waals surface area contributed by atoms with E-state index >= 15 is 0 Å². The summed E-state index contributed by atoms with van der Waals surface area (Å²) in [6.45, 7) is -0.556. The van der Waals surface area contributed by atoms with Gasteiger partial charge in [0.15, 0.2) is 6.61 Å². The third-order valence-electron chi connectivity index (χ3n) is 2.16. The Morgan fingerprint density at radius 1 is 1.40 bits per heavy atom. The molecular formula is C8H11NO6. The Morgan fingerprint density at radius 2 is 2.07 bits per heavy atom. The van der Waals surface area contributed by atoms with Crippen molar-refractivity contribution >= 4 is 17.8 Å². The summed E-state index contributed by atoms with van der Waals surface area (Å²) in [7, 11) is 0. The predicted molar refractivity (Wildman–Crippen MR) is 44.7 cm³/mol. The van der Waals surface area contributed by atoms with Crippen LogP contribution < -0.4 is 5.48 Å². The summed E-state index contributed by atoms with van der Waals surface area (Å²) in [5.41, 5.74) is 1.31. The largest absolute Gasteiger partial charge is 0.481 e. The zero-order valence-electron chi connectivity index (χ0n) is 7.80. The minimum absolute atomic E-state index is 0.00429. The van der Waals surface area contributed by atoms with Gasteiger partial charge in [-0.15, -0.1) is 0 Å². The number of esters is 1. The van der Waals surface area contributed by atoms with Gasteiger partial charge >= 0.3 is 11.9 Å². The molecule has 0 aliphatic heterocycles. The zero-order valence-corrected chi connectivity index (χ0v) is 7.80. The normalized spacial score (nSPS) is 23.0. The molecule has 0 aromatic carbocycles. The molecule has 7 nitrogen and oxygen atoms in total. The molecule has 3 N–H and O–H groups in total. The van der Waals surface area contributed by atoms with E-state index in [2.05, 4.69) is 4.74 Å². The quantitative estimate of drug-likeness (QED) is 0.314. The molecule has 1 saturated carbocycles. The van der Waals surface area contributed by atoms with Crippen LogP contribution in [0.4, 0.5) is 0 Å². The number of hydrogen-bond acceptors (Lipinski definition) is 5. The first-order valence-corrected chi connectivity index (χ1v) is 4.36. The molecule has 1 fully saturated rings. The summed E-state index contributed by atoms with van der Waals surface area (Å²) in [6.07, 6.45) is 0.465. The number of amides is 1. The van der Waals surface area contributed by atoms with Crippen LogP contribution in [0.2, 0.25) is 0 Å². The van der Waals surface area contributed by atoms with Crippen molar-refractivity contribution in [1.29, 1.82) is 0 Å². The molecule has 2 unspecified atom stereocenters. The lowest BCUT2D eigenvalue weighted by atomic mass is 10.2. The van der Waals surface area contributed by atoms with Crippen molar-refractivity contribution in [2.24, 2.45) is 11.8 Å². The van der Waals surface area contributed by atoms with Crippen LogP contribution in [0, 0.1) is 11.8 Å². The summed E-state index contributed by atoms with van der Waals surface area (Å²) in [4.78, 5) is 31.9. The van der Waals surface area contributed by atoms with Gasteiger partial charge in [0.05, 0.1) is 5.92 Å². The molecule has 1 rings (SSSR count). The zero-order chi connectivity index (χ0) is 11.4. The number of carboxylic acid groups (broad SMARTS) is 1. The highest BCUT2D eigenvalue weighted by Crippen LogP contribution is 2.41. The Bertz CT molecular complexity index is 289. The number of rotatable bonds is 5. The van der Waals surface area contributed by atoms with Gasteiger partial charge < -0.3 is 9.84 Å². The highest BCUT2D eigenvalue weighted by atomic mass is 16.5. The van der Waals surface area contributed by atoms with Gasteiger partial charge in [0.1, 0.15) is 0 Å². The summed E-state index contributed by atoms with van der Waals surface area (Å²) in [5.74, 6) is -3.03. The van der Waals surface area contributed by atoms with Gasteiger partial charge in [-0.2, -0.15) is 0 Å². The van der Waals surface area contributed by atoms with Gasteiger partial charge in [0.2, 0.25) is 0 Å². The fourth-order valence-electron chi connectivity index (χ4n) is 1.23. The van der Waals surface area contributed by atoms with Gasteiger partial charge in [-0.05, 0) is 12.3 Å². The van der Waals surface area contributed by atoms with Crippen LogP contribution in [0.25, 0.3) is 0 Å². The molecule has 0 heterocycles. The van der Waals surface area contributed by atoms with Crippen LogP contribution >= 0.6 is 0 Å². The van der Waals surface area contributed by atoms with Crippen molar-refractivity contribution in [2.75, 3.05) is 6.61 Å². The molecule has 7 heteroatoms. The van der Waals surface area contributed by atoms with E-state index in [0.29, 0.717) is 6.42 Å². The lowest BCUT2D eigenvalue weighted by Gasteiger charge is -2.01. The van der Waals surface area contributed by atoms with E-state index in [9.17, 15) is 14.4 Å². The van der Waals surface area contributed by atoms with Crippen molar-refractivity contribution in [3.8, 4) is 0 Å². The van der Waals surface area contributed by atoms with Crippen LogP contribution in [0.15, 0.2) is 0 Å². The molecule has 0 spiro atoms. The number of carbonyl (C=O) groups excluding carboxylic acids is 2.